The summed E-state index contributed by atoms with van der Waals surface area (Å²) in [5.74, 6) is 0.783. The molecule has 0 amide bonds. The molecule has 1 aromatic rings. The Morgan fingerprint density at radius 1 is 1.28 bits per heavy atom. The molecule has 0 aromatic heterocycles. The molecule has 0 aliphatic rings. The molecule has 1 aromatic carbocycles. The first-order valence-corrected chi connectivity index (χ1v) is 6.86. The Labute approximate surface area is 116 Å². The van der Waals surface area contributed by atoms with Gasteiger partial charge in [0.1, 0.15) is 5.75 Å². The topological polar surface area (TPSA) is 21.3 Å². The third-order valence-electron chi connectivity index (χ3n) is 2.71. The van der Waals surface area contributed by atoms with Gasteiger partial charge in [-0.1, -0.05) is 38.4 Å². The molecule has 0 unspecified atom stereocenters. The van der Waals surface area contributed by atoms with Crippen molar-refractivity contribution in [2.45, 2.75) is 40.2 Å². The molecule has 0 aliphatic carbocycles. The summed E-state index contributed by atoms with van der Waals surface area (Å²) in [6.07, 6.45) is 2.21. The van der Waals surface area contributed by atoms with Crippen molar-refractivity contribution < 1.29 is 4.74 Å². The van der Waals surface area contributed by atoms with Gasteiger partial charge in [-0.3, -0.25) is 0 Å². The van der Waals surface area contributed by atoms with E-state index in [4.69, 9.17) is 16.3 Å². The number of hydrogen-bond donors (Lipinski definition) is 1. The Bertz CT molecular complexity index is 371. The van der Waals surface area contributed by atoms with Crippen LogP contribution in [0.4, 0.5) is 0 Å². The molecule has 0 heterocycles. The average molecular weight is 270 g/mol. The summed E-state index contributed by atoms with van der Waals surface area (Å²) in [4.78, 5) is 0. The van der Waals surface area contributed by atoms with Gasteiger partial charge < -0.3 is 10.1 Å². The molecular formula is C15H24ClNO. The number of benzene rings is 1. The predicted octanol–water partition coefficient (Wildman–Crippen LogP) is 4.26. The highest BCUT2D eigenvalue weighted by atomic mass is 35.5. The fraction of sp³-hybridized carbons (Fsp3) is 0.600. The summed E-state index contributed by atoms with van der Waals surface area (Å²) in [6.45, 7) is 8.28. The van der Waals surface area contributed by atoms with Gasteiger partial charge in [0.05, 0.1) is 11.6 Å². The maximum absolute atomic E-state index is 6.18. The standard InChI is InChI=1S/C15H24ClNO/c1-15(2,3)8-5-9-18-14-7-6-12(11-17-4)10-13(14)16/h6-7,10,17H,5,8-9,11H2,1-4H3. The van der Waals surface area contributed by atoms with Gasteiger partial charge in [0.2, 0.25) is 0 Å². The molecule has 18 heavy (non-hydrogen) atoms. The van der Waals surface area contributed by atoms with Gasteiger partial charge in [0.15, 0.2) is 0 Å². The van der Waals surface area contributed by atoms with E-state index in [-0.39, 0.29) is 0 Å². The summed E-state index contributed by atoms with van der Waals surface area (Å²) in [6, 6.07) is 5.95. The highest BCUT2D eigenvalue weighted by molar-refractivity contribution is 6.32. The van der Waals surface area contributed by atoms with E-state index in [0.717, 1.165) is 31.7 Å². The summed E-state index contributed by atoms with van der Waals surface area (Å²) >= 11 is 6.18. The second-order valence-electron chi connectivity index (χ2n) is 5.81. The van der Waals surface area contributed by atoms with Gasteiger partial charge in [-0.25, -0.2) is 0 Å². The van der Waals surface area contributed by atoms with Crippen molar-refractivity contribution in [3.63, 3.8) is 0 Å². The van der Waals surface area contributed by atoms with Crippen molar-refractivity contribution in [2.75, 3.05) is 13.7 Å². The minimum absolute atomic E-state index is 0.365. The molecule has 3 heteroatoms. The first kappa shape index (κ1) is 15.3. The minimum atomic E-state index is 0.365. The van der Waals surface area contributed by atoms with Crippen LogP contribution in [-0.4, -0.2) is 13.7 Å². The van der Waals surface area contributed by atoms with Crippen LogP contribution >= 0.6 is 11.6 Å². The van der Waals surface area contributed by atoms with E-state index in [1.54, 1.807) is 0 Å². The summed E-state index contributed by atoms with van der Waals surface area (Å²) in [5, 5.41) is 3.79. The van der Waals surface area contributed by atoms with Crippen molar-refractivity contribution in [3.05, 3.63) is 28.8 Å². The Balaban J connectivity index is 2.43. The van der Waals surface area contributed by atoms with E-state index in [1.165, 1.54) is 5.56 Å². The van der Waals surface area contributed by atoms with Crippen molar-refractivity contribution in [1.82, 2.24) is 5.32 Å². The molecule has 0 aliphatic heterocycles. The largest absolute Gasteiger partial charge is 0.492 e. The van der Waals surface area contributed by atoms with Crippen LogP contribution in [0.2, 0.25) is 5.02 Å². The summed E-state index contributed by atoms with van der Waals surface area (Å²) < 4.78 is 5.71. The minimum Gasteiger partial charge on any atom is -0.492 e. The zero-order chi connectivity index (χ0) is 13.6. The number of hydrogen-bond acceptors (Lipinski definition) is 2. The molecular weight excluding hydrogens is 246 g/mol. The van der Waals surface area contributed by atoms with Crippen LogP contribution in [0.15, 0.2) is 18.2 Å². The van der Waals surface area contributed by atoms with Crippen molar-refractivity contribution in [3.8, 4) is 5.75 Å². The van der Waals surface area contributed by atoms with E-state index in [0.29, 0.717) is 10.4 Å². The molecule has 0 spiro atoms. The molecule has 0 bridgehead atoms. The fourth-order valence-corrected chi connectivity index (χ4v) is 2.02. The highest BCUT2D eigenvalue weighted by Crippen LogP contribution is 2.26. The number of halogens is 1. The van der Waals surface area contributed by atoms with Crippen LogP contribution in [0.3, 0.4) is 0 Å². The predicted molar refractivity (Wildman–Crippen MR) is 78.4 cm³/mol. The second kappa shape index (κ2) is 7.01. The van der Waals surface area contributed by atoms with E-state index in [9.17, 15) is 0 Å². The van der Waals surface area contributed by atoms with Crippen LogP contribution in [0.1, 0.15) is 39.2 Å². The Kier molecular flexibility index (Phi) is 5.97. The van der Waals surface area contributed by atoms with Crippen LogP contribution in [-0.2, 0) is 6.54 Å². The number of nitrogens with one attached hydrogen (secondary N) is 1. The Morgan fingerprint density at radius 3 is 2.56 bits per heavy atom. The first-order chi connectivity index (χ1) is 8.42. The molecule has 0 saturated heterocycles. The van der Waals surface area contributed by atoms with Gasteiger partial charge in [-0.2, -0.15) is 0 Å². The van der Waals surface area contributed by atoms with Crippen LogP contribution in [0.25, 0.3) is 0 Å². The molecule has 0 saturated carbocycles. The molecule has 1 rings (SSSR count). The molecule has 1 N–H and O–H groups in total. The van der Waals surface area contributed by atoms with Gasteiger partial charge in [0.25, 0.3) is 0 Å². The lowest BCUT2D eigenvalue weighted by atomic mass is 9.91. The third-order valence-corrected chi connectivity index (χ3v) is 3.00. The van der Waals surface area contributed by atoms with E-state index in [2.05, 4.69) is 26.1 Å². The van der Waals surface area contributed by atoms with Gasteiger partial charge in [0, 0.05) is 6.54 Å². The summed E-state index contributed by atoms with van der Waals surface area (Å²) in [5.41, 5.74) is 1.54. The van der Waals surface area contributed by atoms with Crippen LogP contribution in [0.5, 0.6) is 5.75 Å². The van der Waals surface area contributed by atoms with Gasteiger partial charge >= 0.3 is 0 Å². The maximum Gasteiger partial charge on any atom is 0.137 e. The maximum atomic E-state index is 6.18. The second-order valence-corrected chi connectivity index (χ2v) is 6.21. The quantitative estimate of drug-likeness (QED) is 0.779. The average Bonchev–Trinajstić information content (AvgIpc) is 2.26. The zero-order valence-electron chi connectivity index (χ0n) is 11.8. The Hall–Kier alpha value is -0.730. The molecule has 2 nitrogen and oxygen atoms in total. The smallest absolute Gasteiger partial charge is 0.137 e. The lowest BCUT2D eigenvalue weighted by molar-refractivity contribution is 0.269. The number of ether oxygens (including phenoxy) is 1. The molecule has 102 valence electrons. The van der Waals surface area contributed by atoms with Crippen molar-refractivity contribution in [2.24, 2.45) is 5.41 Å². The summed E-state index contributed by atoms with van der Waals surface area (Å²) in [7, 11) is 1.92. The van der Waals surface area contributed by atoms with E-state index >= 15 is 0 Å². The third kappa shape index (κ3) is 5.74. The van der Waals surface area contributed by atoms with E-state index in [1.807, 2.05) is 25.2 Å². The first-order valence-electron chi connectivity index (χ1n) is 6.48. The highest BCUT2D eigenvalue weighted by Gasteiger charge is 2.09. The SMILES string of the molecule is CNCc1ccc(OCCCC(C)(C)C)c(Cl)c1. The van der Waals surface area contributed by atoms with Crippen molar-refractivity contribution in [1.29, 1.82) is 0 Å². The Morgan fingerprint density at radius 2 is 2.00 bits per heavy atom. The zero-order valence-corrected chi connectivity index (χ0v) is 12.6. The van der Waals surface area contributed by atoms with Gasteiger partial charge in [-0.05, 0) is 43.0 Å². The lowest BCUT2D eigenvalue weighted by Crippen LogP contribution is -2.08. The van der Waals surface area contributed by atoms with Crippen LogP contribution < -0.4 is 10.1 Å². The monoisotopic (exact) mass is 269 g/mol. The van der Waals surface area contributed by atoms with Gasteiger partial charge in [-0.15, -0.1) is 0 Å². The molecule has 0 radical (unpaired) electrons. The molecule has 0 fully saturated rings. The fourth-order valence-electron chi connectivity index (χ4n) is 1.76. The van der Waals surface area contributed by atoms with Crippen LogP contribution in [0, 0.1) is 5.41 Å². The van der Waals surface area contributed by atoms with Crippen molar-refractivity contribution >= 4 is 11.6 Å². The molecule has 0 atom stereocenters. The normalized spacial score (nSPS) is 11.6. The lowest BCUT2D eigenvalue weighted by Gasteiger charge is -2.18. The van der Waals surface area contributed by atoms with E-state index < -0.39 is 0 Å². The number of rotatable bonds is 6.